The molecule has 2 nitrogen and oxygen atoms in total. The molecule has 0 N–H and O–H groups in total. The van der Waals surface area contributed by atoms with Gasteiger partial charge in [0.05, 0.1) is 10.5 Å². The van der Waals surface area contributed by atoms with Crippen LogP contribution in [0.2, 0.25) is 0 Å². The van der Waals surface area contributed by atoms with Crippen molar-refractivity contribution in [2.24, 2.45) is 5.92 Å². The molecule has 3 heteroatoms. The Morgan fingerprint density at radius 1 is 1.31 bits per heavy atom. The van der Waals surface area contributed by atoms with E-state index in [4.69, 9.17) is 0 Å². The molecule has 1 aliphatic heterocycles. The van der Waals surface area contributed by atoms with Gasteiger partial charge in [-0.05, 0) is 25.7 Å². The molecule has 0 aromatic heterocycles. The summed E-state index contributed by atoms with van der Waals surface area (Å²) in [6, 6.07) is 0. The van der Waals surface area contributed by atoms with E-state index < -0.39 is 9.84 Å². The first-order chi connectivity index (χ1) is 6.04. The molecule has 1 heterocycles. The molecular weight excluding hydrogens is 184 g/mol. The Morgan fingerprint density at radius 2 is 1.92 bits per heavy atom. The summed E-state index contributed by atoms with van der Waals surface area (Å²) >= 11 is 0. The summed E-state index contributed by atoms with van der Waals surface area (Å²) in [6.45, 7) is 6.01. The SMILES string of the molecule is CCCC1C(CC)CC(C)S1(=O)=O. The van der Waals surface area contributed by atoms with E-state index in [0.717, 1.165) is 25.7 Å². The smallest absolute Gasteiger partial charge is 0.156 e. The predicted molar refractivity (Wildman–Crippen MR) is 55.5 cm³/mol. The van der Waals surface area contributed by atoms with Crippen molar-refractivity contribution >= 4 is 9.84 Å². The number of sulfone groups is 1. The monoisotopic (exact) mass is 204 g/mol. The quantitative estimate of drug-likeness (QED) is 0.707. The minimum absolute atomic E-state index is 0.0440. The summed E-state index contributed by atoms with van der Waals surface area (Å²) in [5.41, 5.74) is 0. The average molecular weight is 204 g/mol. The zero-order valence-corrected chi connectivity index (χ0v) is 9.60. The lowest BCUT2D eigenvalue weighted by Gasteiger charge is -2.15. The van der Waals surface area contributed by atoms with Crippen molar-refractivity contribution < 1.29 is 8.42 Å². The highest BCUT2D eigenvalue weighted by atomic mass is 32.2. The van der Waals surface area contributed by atoms with Gasteiger partial charge in [-0.3, -0.25) is 0 Å². The summed E-state index contributed by atoms with van der Waals surface area (Å²) in [4.78, 5) is 0. The van der Waals surface area contributed by atoms with Gasteiger partial charge >= 0.3 is 0 Å². The molecule has 0 bridgehead atoms. The molecule has 0 spiro atoms. The lowest BCUT2D eigenvalue weighted by atomic mass is 9.95. The van der Waals surface area contributed by atoms with Crippen LogP contribution in [-0.4, -0.2) is 18.9 Å². The predicted octanol–water partition coefficient (Wildman–Crippen LogP) is 2.39. The summed E-state index contributed by atoms with van der Waals surface area (Å²) in [6.07, 6.45) is 3.72. The lowest BCUT2D eigenvalue weighted by molar-refractivity contribution is 0.455. The van der Waals surface area contributed by atoms with E-state index in [1.54, 1.807) is 0 Å². The van der Waals surface area contributed by atoms with Gasteiger partial charge in [0.2, 0.25) is 0 Å². The van der Waals surface area contributed by atoms with Crippen LogP contribution in [-0.2, 0) is 9.84 Å². The highest BCUT2D eigenvalue weighted by molar-refractivity contribution is 7.92. The summed E-state index contributed by atoms with van der Waals surface area (Å²) in [5.74, 6) is 0.417. The fourth-order valence-corrected chi connectivity index (χ4v) is 4.91. The number of rotatable bonds is 3. The second-order valence-electron chi connectivity index (χ2n) is 4.13. The van der Waals surface area contributed by atoms with Crippen LogP contribution >= 0.6 is 0 Å². The van der Waals surface area contributed by atoms with Crippen LogP contribution in [0.15, 0.2) is 0 Å². The van der Waals surface area contributed by atoms with E-state index >= 15 is 0 Å². The largest absolute Gasteiger partial charge is 0.228 e. The van der Waals surface area contributed by atoms with Crippen molar-refractivity contribution in [3.63, 3.8) is 0 Å². The summed E-state index contributed by atoms with van der Waals surface area (Å²) in [7, 11) is -2.79. The topological polar surface area (TPSA) is 34.1 Å². The van der Waals surface area contributed by atoms with Crippen LogP contribution in [0, 0.1) is 5.92 Å². The van der Waals surface area contributed by atoms with Gasteiger partial charge in [-0.2, -0.15) is 0 Å². The molecule has 0 aromatic carbocycles. The van der Waals surface area contributed by atoms with Gasteiger partial charge in [0, 0.05) is 0 Å². The van der Waals surface area contributed by atoms with E-state index in [0.29, 0.717) is 5.92 Å². The van der Waals surface area contributed by atoms with Gasteiger partial charge in [-0.1, -0.05) is 26.7 Å². The lowest BCUT2D eigenvalue weighted by Crippen LogP contribution is -2.24. The Balaban J connectivity index is 2.86. The summed E-state index contributed by atoms with van der Waals surface area (Å²) in [5, 5.41) is -0.147. The van der Waals surface area contributed by atoms with Gasteiger partial charge in [0.1, 0.15) is 0 Å². The molecule has 1 fully saturated rings. The molecule has 0 amide bonds. The average Bonchev–Trinajstić information content (AvgIpc) is 2.29. The van der Waals surface area contributed by atoms with E-state index in [1.807, 2.05) is 6.92 Å². The number of hydrogen-bond acceptors (Lipinski definition) is 2. The highest BCUT2D eigenvalue weighted by Crippen LogP contribution is 2.36. The van der Waals surface area contributed by atoms with E-state index in [-0.39, 0.29) is 10.5 Å². The first-order valence-corrected chi connectivity index (χ1v) is 6.87. The maximum Gasteiger partial charge on any atom is 0.156 e. The number of hydrogen-bond donors (Lipinski definition) is 0. The Labute approximate surface area is 81.6 Å². The molecule has 0 saturated carbocycles. The molecule has 0 aromatic rings. The van der Waals surface area contributed by atoms with Crippen LogP contribution in [0.25, 0.3) is 0 Å². The second-order valence-corrected chi connectivity index (χ2v) is 6.72. The minimum Gasteiger partial charge on any atom is -0.228 e. The van der Waals surface area contributed by atoms with Gasteiger partial charge in [0.25, 0.3) is 0 Å². The Hall–Kier alpha value is -0.0500. The molecule has 3 unspecified atom stereocenters. The third kappa shape index (κ3) is 1.90. The normalized spacial score (nSPS) is 37.9. The molecule has 1 saturated heterocycles. The van der Waals surface area contributed by atoms with Crippen molar-refractivity contribution in [1.29, 1.82) is 0 Å². The standard InChI is InChI=1S/C10H20O2S/c1-4-6-10-9(5-2)7-8(3)13(10,11)12/h8-10H,4-7H2,1-3H3. The van der Waals surface area contributed by atoms with Gasteiger partial charge in [-0.15, -0.1) is 0 Å². The van der Waals surface area contributed by atoms with Gasteiger partial charge < -0.3 is 0 Å². The van der Waals surface area contributed by atoms with Crippen molar-refractivity contribution in [2.75, 3.05) is 0 Å². The minimum atomic E-state index is -2.79. The fraction of sp³-hybridized carbons (Fsp3) is 1.00. The molecule has 13 heavy (non-hydrogen) atoms. The molecule has 3 atom stereocenters. The Kier molecular flexibility index (Phi) is 3.38. The van der Waals surface area contributed by atoms with Crippen LogP contribution in [0.4, 0.5) is 0 Å². The highest BCUT2D eigenvalue weighted by Gasteiger charge is 2.43. The van der Waals surface area contributed by atoms with Crippen molar-refractivity contribution in [3.05, 3.63) is 0 Å². The Morgan fingerprint density at radius 3 is 2.38 bits per heavy atom. The fourth-order valence-electron chi connectivity index (χ4n) is 2.39. The second kappa shape index (κ2) is 3.99. The van der Waals surface area contributed by atoms with Crippen molar-refractivity contribution in [3.8, 4) is 0 Å². The van der Waals surface area contributed by atoms with E-state index in [2.05, 4.69) is 13.8 Å². The first-order valence-electron chi connectivity index (χ1n) is 5.26. The van der Waals surface area contributed by atoms with E-state index in [1.165, 1.54) is 0 Å². The maximum atomic E-state index is 11.9. The molecule has 0 aliphatic carbocycles. The molecule has 0 radical (unpaired) electrons. The van der Waals surface area contributed by atoms with Gasteiger partial charge in [0.15, 0.2) is 9.84 Å². The van der Waals surface area contributed by atoms with Gasteiger partial charge in [-0.25, -0.2) is 8.42 Å². The molecule has 78 valence electrons. The third-order valence-corrected chi connectivity index (χ3v) is 6.02. The molecular formula is C10H20O2S. The van der Waals surface area contributed by atoms with Crippen molar-refractivity contribution in [2.45, 2.75) is 57.0 Å². The van der Waals surface area contributed by atoms with Crippen LogP contribution in [0.3, 0.4) is 0 Å². The third-order valence-electron chi connectivity index (χ3n) is 3.24. The molecule has 1 aliphatic rings. The van der Waals surface area contributed by atoms with Crippen LogP contribution in [0.1, 0.15) is 46.5 Å². The maximum absolute atomic E-state index is 11.9. The zero-order valence-electron chi connectivity index (χ0n) is 8.79. The zero-order chi connectivity index (χ0) is 10.1. The van der Waals surface area contributed by atoms with Crippen molar-refractivity contribution in [1.82, 2.24) is 0 Å². The Bertz CT molecular complexity index is 256. The first kappa shape index (κ1) is 11.0. The summed E-state index contributed by atoms with van der Waals surface area (Å²) < 4.78 is 23.7. The molecule has 1 rings (SSSR count). The van der Waals surface area contributed by atoms with E-state index in [9.17, 15) is 8.42 Å². The van der Waals surface area contributed by atoms with Crippen LogP contribution < -0.4 is 0 Å². The van der Waals surface area contributed by atoms with Crippen LogP contribution in [0.5, 0.6) is 0 Å².